The van der Waals surface area contributed by atoms with E-state index in [4.69, 9.17) is 0 Å². The van der Waals surface area contributed by atoms with Crippen LogP contribution in [0.15, 0.2) is 12.5 Å². The summed E-state index contributed by atoms with van der Waals surface area (Å²) in [6.07, 6.45) is 10.9. The van der Waals surface area contributed by atoms with Crippen molar-refractivity contribution in [1.29, 1.82) is 0 Å². The van der Waals surface area contributed by atoms with Crippen molar-refractivity contribution < 1.29 is 0 Å². The summed E-state index contributed by atoms with van der Waals surface area (Å²) >= 11 is 0. The molecule has 1 N–H and O–H groups in total. The predicted octanol–water partition coefficient (Wildman–Crippen LogP) is 3.13. The smallest absolute Gasteiger partial charge is 0.0950 e. The van der Waals surface area contributed by atoms with E-state index in [0.29, 0.717) is 6.04 Å². The number of nitrogens with one attached hydrogen (secondary N) is 1. The quantitative estimate of drug-likeness (QED) is 0.821. The summed E-state index contributed by atoms with van der Waals surface area (Å²) in [5.41, 5.74) is 1.24. The third-order valence-electron chi connectivity index (χ3n) is 3.82. The van der Waals surface area contributed by atoms with Crippen LogP contribution in [-0.4, -0.2) is 16.1 Å². The second kappa shape index (κ2) is 6.20. The van der Waals surface area contributed by atoms with Gasteiger partial charge in [0.05, 0.1) is 18.1 Å². The molecule has 1 aromatic heterocycles. The maximum atomic E-state index is 4.59. The van der Waals surface area contributed by atoms with Gasteiger partial charge in [0.15, 0.2) is 0 Å². The Labute approximate surface area is 105 Å². The molecule has 17 heavy (non-hydrogen) atoms. The number of rotatable bonds is 6. The van der Waals surface area contributed by atoms with Gasteiger partial charge in [-0.3, -0.25) is 0 Å². The first-order valence-electron chi connectivity index (χ1n) is 7.10. The van der Waals surface area contributed by atoms with Gasteiger partial charge in [0.2, 0.25) is 0 Å². The number of hydrogen-bond donors (Lipinski definition) is 1. The van der Waals surface area contributed by atoms with Gasteiger partial charge in [0, 0.05) is 12.7 Å². The van der Waals surface area contributed by atoms with Crippen LogP contribution in [0.25, 0.3) is 0 Å². The Morgan fingerprint density at radius 2 is 2.18 bits per heavy atom. The van der Waals surface area contributed by atoms with E-state index in [1.165, 1.54) is 37.8 Å². The van der Waals surface area contributed by atoms with Crippen LogP contribution in [0.2, 0.25) is 0 Å². The molecule has 1 fully saturated rings. The number of aromatic nitrogens is 2. The zero-order valence-electron chi connectivity index (χ0n) is 11.2. The Bertz CT molecular complexity index is 326. The van der Waals surface area contributed by atoms with Gasteiger partial charge >= 0.3 is 0 Å². The molecule has 1 aliphatic carbocycles. The summed E-state index contributed by atoms with van der Waals surface area (Å²) in [6, 6.07) is 0.477. The van der Waals surface area contributed by atoms with E-state index >= 15 is 0 Å². The topological polar surface area (TPSA) is 29.9 Å². The van der Waals surface area contributed by atoms with Gasteiger partial charge < -0.3 is 9.88 Å². The van der Waals surface area contributed by atoms with Crippen LogP contribution in [0.1, 0.15) is 57.7 Å². The molecule has 3 nitrogen and oxygen atoms in total. The van der Waals surface area contributed by atoms with Gasteiger partial charge in [0.25, 0.3) is 0 Å². The molecule has 0 aliphatic heterocycles. The summed E-state index contributed by atoms with van der Waals surface area (Å²) < 4.78 is 2.17. The molecule has 0 aromatic carbocycles. The van der Waals surface area contributed by atoms with E-state index in [-0.39, 0.29) is 0 Å². The van der Waals surface area contributed by atoms with Crippen molar-refractivity contribution in [3.63, 3.8) is 0 Å². The third-order valence-corrected chi connectivity index (χ3v) is 3.82. The molecule has 1 aliphatic rings. The highest BCUT2D eigenvalue weighted by atomic mass is 15.1. The Balaban J connectivity index is 2.07. The second-order valence-corrected chi connectivity index (χ2v) is 5.11. The highest BCUT2D eigenvalue weighted by molar-refractivity contribution is 5.06. The molecule has 0 radical (unpaired) electrons. The molecule has 0 saturated heterocycles. The van der Waals surface area contributed by atoms with Gasteiger partial charge in [-0.1, -0.05) is 19.8 Å². The normalized spacial score (nSPS) is 18.7. The van der Waals surface area contributed by atoms with E-state index in [9.17, 15) is 0 Å². The zero-order valence-corrected chi connectivity index (χ0v) is 11.2. The van der Waals surface area contributed by atoms with Crippen molar-refractivity contribution >= 4 is 0 Å². The lowest BCUT2D eigenvalue weighted by Crippen LogP contribution is -2.28. The average Bonchev–Trinajstić information content (AvgIpc) is 3.00. The van der Waals surface area contributed by atoms with E-state index in [1.807, 2.05) is 6.33 Å². The minimum Gasteiger partial charge on any atom is -0.337 e. The SMILES string of the molecule is CCCNC(c1cn(CC)cn1)C1CCCC1. The van der Waals surface area contributed by atoms with Gasteiger partial charge in [-0.15, -0.1) is 0 Å². The molecule has 96 valence electrons. The number of hydrogen-bond acceptors (Lipinski definition) is 2. The molecule has 1 heterocycles. The van der Waals surface area contributed by atoms with E-state index in [0.717, 1.165) is 19.0 Å². The van der Waals surface area contributed by atoms with E-state index in [1.54, 1.807) is 0 Å². The third kappa shape index (κ3) is 3.09. The fourth-order valence-electron chi connectivity index (χ4n) is 2.81. The summed E-state index contributed by atoms with van der Waals surface area (Å²) in [5, 5.41) is 3.69. The van der Waals surface area contributed by atoms with Gasteiger partial charge in [-0.2, -0.15) is 0 Å². The van der Waals surface area contributed by atoms with E-state index < -0.39 is 0 Å². The molecule has 0 spiro atoms. The number of aryl methyl sites for hydroxylation is 1. The van der Waals surface area contributed by atoms with Crippen molar-refractivity contribution in [3.8, 4) is 0 Å². The minimum atomic E-state index is 0.477. The maximum absolute atomic E-state index is 4.59. The van der Waals surface area contributed by atoms with Crippen LogP contribution in [0.4, 0.5) is 0 Å². The van der Waals surface area contributed by atoms with E-state index in [2.05, 4.69) is 34.9 Å². The lowest BCUT2D eigenvalue weighted by atomic mass is 9.95. The molecule has 0 amide bonds. The molecule has 1 aromatic rings. The Kier molecular flexibility index (Phi) is 4.60. The van der Waals surface area contributed by atoms with Crippen molar-refractivity contribution in [2.24, 2.45) is 5.92 Å². The van der Waals surface area contributed by atoms with Crippen LogP contribution in [-0.2, 0) is 6.54 Å². The van der Waals surface area contributed by atoms with Crippen LogP contribution >= 0.6 is 0 Å². The molecule has 1 atom stereocenters. The van der Waals surface area contributed by atoms with Crippen molar-refractivity contribution in [1.82, 2.24) is 14.9 Å². The van der Waals surface area contributed by atoms with Crippen LogP contribution in [0.3, 0.4) is 0 Å². The van der Waals surface area contributed by atoms with Crippen molar-refractivity contribution in [3.05, 3.63) is 18.2 Å². The van der Waals surface area contributed by atoms with Gasteiger partial charge in [-0.05, 0) is 38.6 Å². The highest BCUT2D eigenvalue weighted by Crippen LogP contribution is 2.35. The first-order chi connectivity index (χ1) is 8.35. The highest BCUT2D eigenvalue weighted by Gasteiger charge is 2.27. The zero-order chi connectivity index (χ0) is 12.1. The standard InChI is InChI=1S/C14H25N3/c1-3-9-15-14(12-7-5-6-8-12)13-10-17(4-2)11-16-13/h10-12,14-15H,3-9H2,1-2H3. The summed E-state index contributed by atoms with van der Waals surface area (Å²) in [5.74, 6) is 0.793. The average molecular weight is 235 g/mol. The first kappa shape index (κ1) is 12.6. The maximum Gasteiger partial charge on any atom is 0.0950 e. The Hall–Kier alpha value is -0.830. The molecule has 1 saturated carbocycles. The fraction of sp³-hybridized carbons (Fsp3) is 0.786. The largest absolute Gasteiger partial charge is 0.337 e. The predicted molar refractivity (Wildman–Crippen MR) is 70.9 cm³/mol. The minimum absolute atomic E-state index is 0.477. The summed E-state index contributed by atoms with van der Waals surface area (Å²) in [4.78, 5) is 4.59. The fourth-order valence-corrected chi connectivity index (χ4v) is 2.81. The Morgan fingerprint density at radius 3 is 2.76 bits per heavy atom. The molecular formula is C14H25N3. The Morgan fingerprint density at radius 1 is 1.41 bits per heavy atom. The molecule has 3 heteroatoms. The first-order valence-corrected chi connectivity index (χ1v) is 7.10. The lowest BCUT2D eigenvalue weighted by molar-refractivity contribution is 0.362. The van der Waals surface area contributed by atoms with Gasteiger partial charge in [-0.25, -0.2) is 4.98 Å². The number of nitrogens with zero attached hydrogens (tertiary/aromatic N) is 2. The van der Waals surface area contributed by atoms with Gasteiger partial charge in [0.1, 0.15) is 0 Å². The molecule has 1 unspecified atom stereocenters. The number of imidazole rings is 1. The second-order valence-electron chi connectivity index (χ2n) is 5.11. The molecule has 2 rings (SSSR count). The molecular weight excluding hydrogens is 210 g/mol. The van der Waals surface area contributed by atoms with Crippen molar-refractivity contribution in [2.75, 3.05) is 6.54 Å². The van der Waals surface area contributed by atoms with Crippen LogP contribution in [0, 0.1) is 5.92 Å². The molecule has 0 bridgehead atoms. The summed E-state index contributed by atoms with van der Waals surface area (Å²) in [7, 11) is 0. The van der Waals surface area contributed by atoms with Crippen LogP contribution in [0.5, 0.6) is 0 Å². The monoisotopic (exact) mass is 235 g/mol. The lowest BCUT2D eigenvalue weighted by Gasteiger charge is -2.23. The van der Waals surface area contributed by atoms with Crippen molar-refractivity contribution in [2.45, 2.75) is 58.5 Å². The summed E-state index contributed by atoms with van der Waals surface area (Å²) in [6.45, 7) is 6.50. The van der Waals surface area contributed by atoms with Crippen LogP contribution < -0.4 is 5.32 Å².